The maximum absolute atomic E-state index is 5.62. The molecule has 0 saturated heterocycles. The van der Waals surface area contributed by atoms with Crippen LogP contribution in [0.25, 0.3) is 11.5 Å². The summed E-state index contributed by atoms with van der Waals surface area (Å²) in [7, 11) is 1.64. The molecule has 0 aliphatic heterocycles. The predicted molar refractivity (Wildman–Crippen MR) is 66.0 cm³/mol. The van der Waals surface area contributed by atoms with Gasteiger partial charge in [-0.05, 0) is 37.7 Å². The molecular formula is C13H16N2O2. The van der Waals surface area contributed by atoms with Crippen LogP contribution in [0.15, 0.2) is 28.7 Å². The van der Waals surface area contributed by atoms with Crippen LogP contribution < -0.4 is 10.5 Å². The molecule has 0 radical (unpaired) electrons. The number of aryl methyl sites for hydroxylation is 1. The fourth-order valence-electron chi connectivity index (χ4n) is 1.65. The Kier molecular flexibility index (Phi) is 3.44. The van der Waals surface area contributed by atoms with E-state index in [0.717, 1.165) is 29.2 Å². The lowest BCUT2D eigenvalue weighted by molar-refractivity contribution is 0.415. The molecule has 0 aliphatic rings. The third-order valence-electron chi connectivity index (χ3n) is 2.61. The monoisotopic (exact) mass is 232 g/mol. The van der Waals surface area contributed by atoms with E-state index in [1.54, 1.807) is 7.11 Å². The molecule has 0 bridgehead atoms. The summed E-state index contributed by atoms with van der Waals surface area (Å²) in [6.07, 6.45) is 0.742. The van der Waals surface area contributed by atoms with Crippen molar-refractivity contribution in [2.45, 2.75) is 13.3 Å². The molecule has 0 unspecified atom stereocenters. The Labute approximate surface area is 100 Å². The zero-order valence-electron chi connectivity index (χ0n) is 10.1. The number of hydrogen-bond donors (Lipinski definition) is 1. The average molecular weight is 232 g/mol. The molecule has 2 aromatic rings. The van der Waals surface area contributed by atoms with Crippen molar-refractivity contribution in [3.8, 4) is 17.2 Å². The summed E-state index contributed by atoms with van der Waals surface area (Å²) in [5, 5.41) is 0. The van der Waals surface area contributed by atoms with E-state index in [1.807, 2.05) is 31.2 Å². The molecule has 0 fully saturated rings. The highest BCUT2D eigenvalue weighted by Crippen LogP contribution is 2.23. The van der Waals surface area contributed by atoms with E-state index in [4.69, 9.17) is 14.9 Å². The van der Waals surface area contributed by atoms with Gasteiger partial charge in [0, 0.05) is 12.0 Å². The lowest BCUT2D eigenvalue weighted by atomic mass is 10.2. The third-order valence-corrected chi connectivity index (χ3v) is 2.61. The molecule has 0 saturated carbocycles. The molecule has 1 aromatic carbocycles. The molecule has 0 amide bonds. The van der Waals surface area contributed by atoms with Crippen molar-refractivity contribution in [1.29, 1.82) is 0 Å². The van der Waals surface area contributed by atoms with E-state index in [2.05, 4.69) is 4.98 Å². The van der Waals surface area contributed by atoms with Crippen molar-refractivity contribution in [3.05, 3.63) is 35.7 Å². The zero-order chi connectivity index (χ0) is 12.3. The number of ether oxygens (including phenoxy) is 1. The topological polar surface area (TPSA) is 61.3 Å². The number of hydrogen-bond acceptors (Lipinski definition) is 4. The number of nitrogens with zero attached hydrogens (tertiary/aromatic N) is 1. The molecular weight excluding hydrogens is 216 g/mol. The van der Waals surface area contributed by atoms with Gasteiger partial charge in [-0.15, -0.1) is 0 Å². The molecule has 4 heteroatoms. The van der Waals surface area contributed by atoms with E-state index in [1.165, 1.54) is 0 Å². The first-order chi connectivity index (χ1) is 8.24. The van der Waals surface area contributed by atoms with Crippen LogP contribution in [-0.2, 0) is 6.42 Å². The van der Waals surface area contributed by atoms with Crippen LogP contribution >= 0.6 is 0 Å². The Morgan fingerprint density at radius 1 is 1.29 bits per heavy atom. The molecule has 90 valence electrons. The van der Waals surface area contributed by atoms with Gasteiger partial charge < -0.3 is 14.9 Å². The molecule has 2 rings (SSSR count). The first-order valence-corrected chi connectivity index (χ1v) is 5.55. The highest BCUT2D eigenvalue weighted by molar-refractivity contribution is 5.55. The standard InChI is InChI=1S/C13H16N2O2/c1-9-12(7-8-14)15-13(17-9)10-3-5-11(16-2)6-4-10/h3-6H,7-8,14H2,1-2H3. The fourth-order valence-corrected chi connectivity index (χ4v) is 1.65. The molecule has 17 heavy (non-hydrogen) atoms. The van der Waals surface area contributed by atoms with Crippen LogP contribution in [0.5, 0.6) is 5.75 Å². The maximum atomic E-state index is 5.62. The van der Waals surface area contributed by atoms with E-state index >= 15 is 0 Å². The lowest BCUT2D eigenvalue weighted by Crippen LogP contribution is -2.03. The van der Waals surface area contributed by atoms with Crippen molar-refractivity contribution in [2.24, 2.45) is 5.73 Å². The molecule has 1 aromatic heterocycles. The fraction of sp³-hybridized carbons (Fsp3) is 0.308. The van der Waals surface area contributed by atoms with Gasteiger partial charge in [0.1, 0.15) is 11.5 Å². The SMILES string of the molecule is COc1ccc(-c2nc(CCN)c(C)o2)cc1. The smallest absolute Gasteiger partial charge is 0.226 e. The second-order valence-electron chi connectivity index (χ2n) is 3.79. The van der Waals surface area contributed by atoms with Crippen molar-refractivity contribution in [1.82, 2.24) is 4.98 Å². The first-order valence-electron chi connectivity index (χ1n) is 5.55. The van der Waals surface area contributed by atoms with Crippen LogP contribution in [0.3, 0.4) is 0 Å². The number of nitrogens with two attached hydrogens (primary N) is 1. The first kappa shape index (κ1) is 11.7. The van der Waals surface area contributed by atoms with E-state index < -0.39 is 0 Å². The average Bonchev–Trinajstić information content (AvgIpc) is 2.72. The number of rotatable bonds is 4. The highest BCUT2D eigenvalue weighted by atomic mass is 16.5. The second-order valence-corrected chi connectivity index (χ2v) is 3.79. The Hall–Kier alpha value is -1.81. The molecule has 0 spiro atoms. The van der Waals surface area contributed by atoms with Crippen molar-refractivity contribution in [3.63, 3.8) is 0 Å². The van der Waals surface area contributed by atoms with Gasteiger partial charge in [-0.1, -0.05) is 0 Å². The molecule has 0 atom stereocenters. The van der Waals surface area contributed by atoms with Gasteiger partial charge in [-0.2, -0.15) is 0 Å². The van der Waals surface area contributed by atoms with E-state index in [9.17, 15) is 0 Å². The number of oxazole rings is 1. The quantitative estimate of drug-likeness (QED) is 0.877. The third kappa shape index (κ3) is 2.47. The van der Waals surface area contributed by atoms with Gasteiger partial charge in [0.2, 0.25) is 5.89 Å². The van der Waals surface area contributed by atoms with Gasteiger partial charge in [-0.25, -0.2) is 4.98 Å². The van der Waals surface area contributed by atoms with Crippen LogP contribution in [-0.4, -0.2) is 18.6 Å². The highest BCUT2D eigenvalue weighted by Gasteiger charge is 2.10. The van der Waals surface area contributed by atoms with Gasteiger partial charge in [0.05, 0.1) is 12.8 Å². The van der Waals surface area contributed by atoms with Crippen molar-refractivity contribution < 1.29 is 9.15 Å². The van der Waals surface area contributed by atoms with Crippen LogP contribution in [0.4, 0.5) is 0 Å². The van der Waals surface area contributed by atoms with Crippen molar-refractivity contribution in [2.75, 3.05) is 13.7 Å². The minimum Gasteiger partial charge on any atom is -0.497 e. The molecule has 2 N–H and O–H groups in total. The molecule has 1 heterocycles. The Morgan fingerprint density at radius 3 is 2.59 bits per heavy atom. The van der Waals surface area contributed by atoms with Gasteiger partial charge in [-0.3, -0.25) is 0 Å². The summed E-state index contributed by atoms with van der Waals surface area (Å²) in [5.74, 6) is 2.29. The minimum absolute atomic E-state index is 0.579. The Morgan fingerprint density at radius 2 is 2.00 bits per heavy atom. The summed E-state index contributed by atoms with van der Waals surface area (Å²) < 4.78 is 10.7. The van der Waals surface area contributed by atoms with Gasteiger partial charge in [0.25, 0.3) is 0 Å². The summed E-state index contributed by atoms with van der Waals surface area (Å²) in [4.78, 5) is 4.44. The van der Waals surface area contributed by atoms with Crippen LogP contribution in [0, 0.1) is 6.92 Å². The van der Waals surface area contributed by atoms with Gasteiger partial charge >= 0.3 is 0 Å². The Bertz CT molecular complexity index is 489. The summed E-state index contributed by atoms with van der Waals surface area (Å²) in [6, 6.07) is 7.63. The van der Waals surface area contributed by atoms with Crippen LogP contribution in [0.1, 0.15) is 11.5 Å². The largest absolute Gasteiger partial charge is 0.497 e. The maximum Gasteiger partial charge on any atom is 0.226 e. The van der Waals surface area contributed by atoms with Crippen LogP contribution in [0.2, 0.25) is 0 Å². The van der Waals surface area contributed by atoms with Gasteiger partial charge in [0.15, 0.2) is 0 Å². The number of aromatic nitrogens is 1. The molecule has 4 nitrogen and oxygen atoms in total. The lowest BCUT2D eigenvalue weighted by Gasteiger charge is -1.99. The molecule has 0 aliphatic carbocycles. The predicted octanol–water partition coefficient (Wildman–Crippen LogP) is 2.16. The van der Waals surface area contributed by atoms with Crippen molar-refractivity contribution >= 4 is 0 Å². The summed E-state index contributed by atoms with van der Waals surface area (Å²) in [5.41, 5.74) is 7.39. The minimum atomic E-state index is 0.579. The zero-order valence-corrected chi connectivity index (χ0v) is 10.1. The number of benzene rings is 1. The second kappa shape index (κ2) is 5.01. The summed E-state index contributed by atoms with van der Waals surface area (Å²) in [6.45, 7) is 2.49. The normalized spacial score (nSPS) is 10.5. The Balaban J connectivity index is 2.29. The summed E-state index contributed by atoms with van der Waals surface area (Å²) >= 11 is 0. The number of methoxy groups -OCH3 is 1. The van der Waals surface area contributed by atoms with E-state index in [0.29, 0.717) is 12.4 Å². The van der Waals surface area contributed by atoms with E-state index in [-0.39, 0.29) is 0 Å².